The fourth-order valence-electron chi connectivity index (χ4n) is 3.23. The Balaban J connectivity index is 1.39. The smallest absolute Gasteiger partial charge is 0.269 e. The van der Waals surface area contributed by atoms with Crippen molar-refractivity contribution in [3.8, 4) is 0 Å². The van der Waals surface area contributed by atoms with Crippen molar-refractivity contribution in [2.24, 2.45) is 0 Å². The van der Waals surface area contributed by atoms with Crippen molar-refractivity contribution in [1.29, 1.82) is 0 Å². The molecule has 2 aromatic carbocycles. The van der Waals surface area contributed by atoms with Gasteiger partial charge < -0.3 is 0 Å². The van der Waals surface area contributed by atoms with Gasteiger partial charge in [-0.3, -0.25) is 9.69 Å². The fraction of sp³-hybridized carbons (Fsp3) is 0.250. The van der Waals surface area contributed by atoms with E-state index >= 15 is 0 Å². The van der Waals surface area contributed by atoms with Crippen molar-refractivity contribution in [2.75, 3.05) is 26.2 Å². The minimum absolute atomic E-state index is 0.0152. The highest BCUT2D eigenvalue weighted by Gasteiger charge is 2.25. The van der Waals surface area contributed by atoms with Gasteiger partial charge >= 0.3 is 0 Å². The van der Waals surface area contributed by atoms with Gasteiger partial charge in [0.25, 0.3) is 5.56 Å². The van der Waals surface area contributed by atoms with E-state index < -0.39 is 10.0 Å². The van der Waals surface area contributed by atoms with Crippen LogP contribution >= 0.6 is 11.5 Å². The lowest BCUT2D eigenvalue weighted by molar-refractivity contribution is 0.157. The molecule has 0 atom stereocenters. The molecule has 6 nitrogen and oxygen atoms in total. The molecule has 1 fully saturated rings. The van der Waals surface area contributed by atoms with E-state index in [1.807, 2.05) is 54.6 Å². The lowest BCUT2D eigenvalue weighted by atomic mass is 10.2. The summed E-state index contributed by atoms with van der Waals surface area (Å²) in [5.41, 5.74) is 0.871. The Bertz CT molecular complexity index is 1140. The summed E-state index contributed by atoms with van der Waals surface area (Å²) in [4.78, 5) is 14.6. The molecule has 2 heterocycles. The molecule has 1 saturated heterocycles. The molecule has 0 bridgehead atoms. The first-order valence-corrected chi connectivity index (χ1v) is 11.4. The first-order valence-electron chi connectivity index (χ1n) is 9.07. The Kier molecular flexibility index (Phi) is 5.45. The van der Waals surface area contributed by atoms with Crippen molar-refractivity contribution in [2.45, 2.75) is 6.67 Å². The highest BCUT2D eigenvalue weighted by Crippen LogP contribution is 2.17. The van der Waals surface area contributed by atoms with E-state index in [1.165, 1.54) is 21.2 Å². The molecule has 0 N–H and O–H groups in total. The fourth-order valence-corrected chi connectivity index (χ4v) is 5.44. The summed E-state index contributed by atoms with van der Waals surface area (Å²) >= 11 is 1.45. The second-order valence-electron chi connectivity index (χ2n) is 6.69. The summed E-state index contributed by atoms with van der Waals surface area (Å²) in [7, 11) is -3.45. The standard InChI is InChI=1S/C20H21N3O3S2/c24-20-18-8-4-5-9-19(18)27-23(20)16-21-11-13-22(14-12-21)28(25,26)15-10-17-6-2-1-3-7-17/h1-10,15H,11-14,16H2. The van der Waals surface area contributed by atoms with E-state index in [9.17, 15) is 13.2 Å². The van der Waals surface area contributed by atoms with Gasteiger partial charge in [0.15, 0.2) is 0 Å². The van der Waals surface area contributed by atoms with Crippen LogP contribution in [-0.2, 0) is 16.7 Å². The number of piperazine rings is 1. The molecule has 1 aliphatic rings. The van der Waals surface area contributed by atoms with E-state index in [2.05, 4.69) is 4.90 Å². The normalized spacial score (nSPS) is 16.9. The predicted octanol–water partition coefficient (Wildman–Crippen LogP) is 2.64. The second-order valence-corrected chi connectivity index (χ2v) is 9.57. The van der Waals surface area contributed by atoms with Crippen LogP contribution in [0.4, 0.5) is 0 Å². The van der Waals surface area contributed by atoms with E-state index in [0.29, 0.717) is 32.8 Å². The van der Waals surface area contributed by atoms with Crippen LogP contribution < -0.4 is 5.56 Å². The molecule has 0 amide bonds. The third-order valence-electron chi connectivity index (χ3n) is 4.80. The quantitative estimate of drug-likeness (QED) is 0.643. The number of hydrogen-bond donors (Lipinski definition) is 0. The van der Waals surface area contributed by atoms with Crippen LogP contribution in [0.3, 0.4) is 0 Å². The van der Waals surface area contributed by atoms with Crippen molar-refractivity contribution in [3.63, 3.8) is 0 Å². The molecular formula is C20H21N3O3S2. The van der Waals surface area contributed by atoms with Gasteiger partial charge in [-0.25, -0.2) is 12.4 Å². The summed E-state index contributed by atoms with van der Waals surface area (Å²) in [6.07, 6.45) is 1.62. The van der Waals surface area contributed by atoms with Crippen LogP contribution in [0.5, 0.6) is 0 Å². The average molecular weight is 416 g/mol. The summed E-state index contributed by atoms with van der Waals surface area (Å²) in [6.45, 7) is 2.52. The highest BCUT2D eigenvalue weighted by molar-refractivity contribution is 7.92. The second kappa shape index (κ2) is 8.00. The van der Waals surface area contributed by atoms with Crippen LogP contribution in [0.25, 0.3) is 16.2 Å². The van der Waals surface area contributed by atoms with E-state index in [4.69, 9.17) is 0 Å². The zero-order valence-corrected chi connectivity index (χ0v) is 16.9. The van der Waals surface area contributed by atoms with Crippen LogP contribution in [0.2, 0.25) is 0 Å². The van der Waals surface area contributed by atoms with Gasteiger partial charge in [0.05, 0.1) is 16.8 Å². The number of nitrogens with zero attached hydrogens (tertiary/aromatic N) is 3. The first kappa shape index (κ1) is 19.1. The van der Waals surface area contributed by atoms with Gasteiger partial charge in [-0.05, 0) is 23.8 Å². The zero-order valence-electron chi connectivity index (χ0n) is 15.3. The molecule has 1 aromatic heterocycles. The monoisotopic (exact) mass is 415 g/mol. The molecule has 28 heavy (non-hydrogen) atoms. The van der Waals surface area contributed by atoms with E-state index in [-0.39, 0.29) is 5.56 Å². The maximum atomic E-state index is 12.6. The highest BCUT2D eigenvalue weighted by atomic mass is 32.2. The van der Waals surface area contributed by atoms with E-state index in [0.717, 1.165) is 15.6 Å². The molecule has 0 spiro atoms. The molecule has 0 unspecified atom stereocenters. The molecular weight excluding hydrogens is 394 g/mol. The lowest BCUT2D eigenvalue weighted by Crippen LogP contribution is -2.48. The Hall–Kier alpha value is -2.26. The van der Waals surface area contributed by atoms with E-state index in [1.54, 1.807) is 10.0 Å². The first-order chi connectivity index (χ1) is 13.5. The Morgan fingerprint density at radius 3 is 2.32 bits per heavy atom. The summed E-state index contributed by atoms with van der Waals surface area (Å²) < 4.78 is 29.3. The van der Waals surface area contributed by atoms with Gasteiger partial charge in [-0.2, -0.15) is 4.31 Å². The molecule has 8 heteroatoms. The Morgan fingerprint density at radius 1 is 0.929 bits per heavy atom. The summed E-state index contributed by atoms with van der Waals surface area (Å²) in [5, 5.41) is 2.01. The van der Waals surface area contributed by atoms with Gasteiger partial charge in [0, 0.05) is 31.6 Å². The third kappa shape index (κ3) is 4.10. The predicted molar refractivity (Wildman–Crippen MR) is 114 cm³/mol. The maximum absolute atomic E-state index is 12.6. The SMILES string of the molecule is O=c1c2ccccc2sn1CN1CCN(S(=O)(=O)C=Cc2ccccc2)CC1. The minimum atomic E-state index is -3.45. The van der Waals surface area contributed by atoms with Gasteiger partial charge in [0.2, 0.25) is 10.0 Å². The van der Waals surface area contributed by atoms with Crippen LogP contribution in [0.15, 0.2) is 64.8 Å². The number of sulfonamides is 1. The summed E-state index contributed by atoms with van der Waals surface area (Å²) in [6, 6.07) is 17.0. The van der Waals surface area contributed by atoms with Gasteiger partial charge in [-0.1, -0.05) is 54.0 Å². The molecule has 0 radical (unpaired) electrons. The largest absolute Gasteiger partial charge is 0.282 e. The Labute approximate surface area is 168 Å². The zero-order chi connectivity index (χ0) is 19.6. The number of hydrogen-bond acceptors (Lipinski definition) is 5. The molecule has 146 valence electrons. The van der Waals surface area contributed by atoms with Gasteiger partial charge in [-0.15, -0.1) is 0 Å². The molecule has 4 rings (SSSR count). The maximum Gasteiger partial charge on any atom is 0.269 e. The average Bonchev–Trinajstić information content (AvgIpc) is 3.03. The van der Waals surface area contributed by atoms with Crippen molar-refractivity contribution < 1.29 is 8.42 Å². The molecule has 0 saturated carbocycles. The van der Waals surface area contributed by atoms with Crippen LogP contribution in [-0.4, -0.2) is 47.8 Å². The number of rotatable bonds is 5. The van der Waals surface area contributed by atoms with Crippen molar-refractivity contribution in [3.05, 3.63) is 75.9 Å². The van der Waals surface area contributed by atoms with Crippen LogP contribution in [0.1, 0.15) is 5.56 Å². The van der Waals surface area contributed by atoms with Crippen molar-refractivity contribution in [1.82, 2.24) is 13.2 Å². The lowest BCUT2D eigenvalue weighted by Gasteiger charge is -2.33. The minimum Gasteiger partial charge on any atom is -0.282 e. The van der Waals surface area contributed by atoms with Crippen LogP contribution in [0, 0.1) is 0 Å². The van der Waals surface area contributed by atoms with Gasteiger partial charge in [0.1, 0.15) is 0 Å². The topological polar surface area (TPSA) is 62.6 Å². The van der Waals surface area contributed by atoms with Crippen molar-refractivity contribution >= 4 is 37.7 Å². The number of benzene rings is 2. The number of fused-ring (bicyclic) bond motifs is 1. The third-order valence-corrected chi connectivity index (χ3v) is 7.42. The summed E-state index contributed by atoms with van der Waals surface area (Å²) in [5.74, 6) is 0. The number of aromatic nitrogens is 1. The Morgan fingerprint density at radius 2 is 1.61 bits per heavy atom. The molecule has 0 aliphatic carbocycles. The molecule has 1 aliphatic heterocycles. The molecule has 3 aromatic rings.